The summed E-state index contributed by atoms with van der Waals surface area (Å²) in [4.78, 5) is 17.0. The van der Waals surface area contributed by atoms with Gasteiger partial charge in [0.15, 0.2) is 5.96 Å². The molecule has 28 heavy (non-hydrogen) atoms. The van der Waals surface area contributed by atoms with E-state index in [9.17, 15) is 4.79 Å². The van der Waals surface area contributed by atoms with Crippen LogP contribution in [0, 0.1) is 11.3 Å². The Labute approximate surface area is 171 Å². The number of carbonyl (C=O) groups excluding carboxylic acids is 1. The molecule has 1 aliphatic carbocycles. The fourth-order valence-corrected chi connectivity index (χ4v) is 3.19. The highest BCUT2D eigenvalue weighted by molar-refractivity contribution is 5.80. The van der Waals surface area contributed by atoms with Gasteiger partial charge in [0, 0.05) is 33.4 Å². The summed E-state index contributed by atoms with van der Waals surface area (Å²) < 4.78 is 10.7. The topological polar surface area (TPSA) is 84.0 Å². The first-order valence-corrected chi connectivity index (χ1v) is 10.6. The van der Waals surface area contributed by atoms with Crippen LogP contribution in [0.4, 0.5) is 4.79 Å². The molecule has 3 N–H and O–H groups in total. The lowest BCUT2D eigenvalue weighted by atomic mass is 9.67. The van der Waals surface area contributed by atoms with Crippen LogP contribution >= 0.6 is 0 Å². The van der Waals surface area contributed by atoms with E-state index in [2.05, 4.69) is 36.7 Å². The molecule has 0 saturated heterocycles. The van der Waals surface area contributed by atoms with Crippen molar-refractivity contribution in [3.8, 4) is 0 Å². The highest BCUT2D eigenvalue weighted by Crippen LogP contribution is 2.44. The summed E-state index contributed by atoms with van der Waals surface area (Å²) in [6.45, 7) is 14.8. The third kappa shape index (κ3) is 9.13. The van der Waals surface area contributed by atoms with Crippen molar-refractivity contribution in [1.29, 1.82) is 0 Å². The minimum atomic E-state index is -0.505. The average molecular weight is 399 g/mol. The molecule has 0 radical (unpaired) electrons. The van der Waals surface area contributed by atoms with Crippen LogP contribution in [-0.2, 0) is 9.47 Å². The molecular formula is C21H42N4O3. The Morgan fingerprint density at radius 3 is 2.36 bits per heavy atom. The van der Waals surface area contributed by atoms with Gasteiger partial charge >= 0.3 is 6.09 Å². The van der Waals surface area contributed by atoms with Crippen LogP contribution in [-0.4, -0.2) is 57.0 Å². The molecule has 1 rings (SSSR count). The van der Waals surface area contributed by atoms with Crippen LogP contribution in [0.15, 0.2) is 4.99 Å². The third-order valence-corrected chi connectivity index (χ3v) is 5.16. The molecule has 1 amide bonds. The largest absolute Gasteiger partial charge is 0.444 e. The van der Waals surface area contributed by atoms with Gasteiger partial charge in [-0.3, -0.25) is 4.99 Å². The van der Waals surface area contributed by atoms with Gasteiger partial charge in [-0.2, -0.15) is 0 Å². The van der Waals surface area contributed by atoms with Crippen LogP contribution in [0.2, 0.25) is 0 Å². The molecule has 0 aliphatic heterocycles. The molecule has 1 unspecified atom stereocenters. The quantitative estimate of drug-likeness (QED) is 0.388. The third-order valence-electron chi connectivity index (χ3n) is 5.16. The van der Waals surface area contributed by atoms with Gasteiger partial charge in [-0.25, -0.2) is 4.79 Å². The van der Waals surface area contributed by atoms with Crippen molar-refractivity contribution >= 4 is 12.1 Å². The zero-order valence-electron chi connectivity index (χ0n) is 19.0. The van der Waals surface area contributed by atoms with Crippen LogP contribution in [0.3, 0.4) is 0 Å². The average Bonchev–Trinajstić information content (AvgIpc) is 2.55. The summed E-state index contributed by atoms with van der Waals surface area (Å²) in [6.07, 6.45) is 4.38. The fraction of sp³-hybridized carbons (Fsp3) is 0.905. The zero-order chi connectivity index (χ0) is 21.2. The molecule has 0 aromatic rings. The smallest absolute Gasteiger partial charge is 0.407 e. The predicted molar refractivity (Wildman–Crippen MR) is 115 cm³/mol. The number of guanidine groups is 1. The molecular weight excluding hydrogens is 356 g/mol. The summed E-state index contributed by atoms with van der Waals surface area (Å²) in [5, 5.41) is 9.66. The van der Waals surface area contributed by atoms with E-state index in [4.69, 9.17) is 14.5 Å². The minimum Gasteiger partial charge on any atom is -0.444 e. The van der Waals surface area contributed by atoms with Gasteiger partial charge in [0.2, 0.25) is 0 Å². The number of aliphatic imine (C=N–C) groups is 1. The lowest BCUT2D eigenvalue weighted by molar-refractivity contribution is 0.0491. The van der Waals surface area contributed by atoms with E-state index in [1.807, 2.05) is 20.8 Å². The van der Waals surface area contributed by atoms with E-state index in [1.165, 1.54) is 19.3 Å². The van der Waals surface area contributed by atoms with Crippen LogP contribution in [0.25, 0.3) is 0 Å². The summed E-state index contributed by atoms with van der Waals surface area (Å²) >= 11 is 0. The molecule has 1 saturated carbocycles. The Morgan fingerprint density at radius 2 is 1.89 bits per heavy atom. The van der Waals surface area contributed by atoms with Gasteiger partial charge < -0.3 is 25.4 Å². The Bertz CT molecular complexity index is 496. The highest BCUT2D eigenvalue weighted by atomic mass is 16.6. The molecule has 0 aromatic heterocycles. The molecule has 0 aromatic carbocycles. The summed E-state index contributed by atoms with van der Waals surface area (Å²) in [5.74, 6) is 1.06. The van der Waals surface area contributed by atoms with Gasteiger partial charge in [-0.15, -0.1) is 0 Å². The predicted octanol–water partition coefficient (Wildman–Crippen LogP) is 3.30. The fourth-order valence-electron chi connectivity index (χ4n) is 3.19. The standard InChI is InChI=1S/C21H42N4O3/c1-8-22-18(24-15-21(10-9-11-21)12-13-27-7)23-14-17(16(2)3)25-19(26)28-20(4,5)6/h16-17H,8-15H2,1-7H3,(H,25,26)(H2,22,23,24). The van der Waals surface area contributed by atoms with Gasteiger partial charge in [0.25, 0.3) is 0 Å². The number of ether oxygens (including phenoxy) is 2. The number of amides is 1. The van der Waals surface area contributed by atoms with Crippen molar-refractivity contribution in [3.05, 3.63) is 0 Å². The number of nitrogens with one attached hydrogen (secondary N) is 3. The Hall–Kier alpha value is -1.50. The number of hydrogen-bond donors (Lipinski definition) is 3. The van der Waals surface area contributed by atoms with Crippen molar-refractivity contribution in [1.82, 2.24) is 16.0 Å². The second-order valence-electron chi connectivity index (χ2n) is 9.17. The first kappa shape index (κ1) is 24.5. The molecule has 0 heterocycles. The number of methoxy groups -OCH3 is 1. The maximum absolute atomic E-state index is 12.1. The van der Waals surface area contributed by atoms with Crippen LogP contribution in [0.5, 0.6) is 0 Å². The Balaban J connectivity index is 2.63. The van der Waals surface area contributed by atoms with Crippen molar-refractivity contribution in [2.75, 3.05) is 33.4 Å². The first-order valence-electron chi connectivity index (χ1n) is 10.6. The molecule has 1 atom stereocenters. The van der Waals surface area contributed by atoms with Crippen molar-refractivity contribution in [3.63, 3.8) is 0 Å². The zero-order valence-corrected chi connectivity index (χ0v) is 19.0. The molecule has 0 spiro atoms. The number of hydrogen-bond acceptors (Lipinski definition) is 4. The van der Waals surface area contributed by atoms with E-state index in [-0.39, 0.29) is 23.5 Å². The Morgan fingerprint density at radius 1 is 1.21 bits per heavy atom. The number of rotatable bonds is 10. The van der Waals surface area contributed by atoms with E-state index in [0.717, 1.165) is 32.1 Å². The van der Waals surface area contributed by atoms with E-state index >= 15 is 0 Å². The monoisotopic (exact) mass is 398 g/mol. The molecule has 7 heteroatoms. The second kappa shape index (κ2) is 11.5. The first-order chi connectivity index (χ1) is 13.1. The minimum absolute atomic E-state index is 0.0511. The van der Waals surface area contributed by atoms with Gasteiger partial charge in [-0.1, -0.05) is 20.3 Å². The molecule has 1 aliphatic rings. The van der Waals surface area contributed by atoms with Crippen LogP contribution in [0.1, 0.15) is 67.2 Å². The summed E-state index contributed by atoms with van der Waals surface area (Å²) in [5.41, 5.74) is -0.223. The van der Waals surface area contributed by atoms with E-state index < -0.39 is 5.60 Å². The van der Waals surface area contributed by atoms with Gasteiger partial charge in [0.05, 0.1) is 6.04 Å². The van der Waals surface area contributed by atoms with Crippen molar-refractivity contribution < 1.29 is 14.3 Å². The van der Waals surface area contributed by atoms with Gasteiger partial charge in [-0.05, 0) is 58.3 Å². The summed E-state index contributed by atoms with van der Waals surface area (Å²) in [7, 11) is 1.75. The molecule has 7 nitrogen and oxygen atoms in total. The number of carbonyl (C=O) groups is 1. The van der Waals surface area contributed by atoms with E-state index in [1.54, 1.807) is 7.11 Å². The summed E-state index contributed by atoms with van der Waals surface area (Å²) in [6, 6.07) is -0.0511. The highest BCUT2D eigenvalue weighted by Gasteiger charge is 2.36. The van der Waals surface area contributed by atoms with Gasteiger partial charge in [0.1, 0.15) is 5.60 Å². The molecule has 164 valence electrons. The lowest BCUT2D eigenvalue weighted by Crippen LogP contribution is -2.50. The SMILES string of the molecule is CCNC(=NCC1(CCOC)CCC1)NCC(NC(=O)OC(C)(C)C)C(C)C. The molecule has 0 bridgehead atoms. The Kier molecular flexibility index (Phi) is 10.1. The van der Waals surface area contributed by atoms with Crippen molar-refractivity contribution in [2.24, 2.45) is 16.3 Å². The van der Waals surface area contributed by atoms with Crippen molar-refractivity contribution in [2.45, 2.75) is 78.9 Å². The van der Waals surface area contributed by atoms with E-state index in [0.29, 0.717) is 6.54 Å². The van der Waals surface area contributed by atoms with Crippen LogP contribution < -0.4 is 16.0 Å². The maximum atomic E-state index is 12.1. The molecule has 1 fully saturated rings. The number of nitrogens with zero attached hydrogens (tertiary/aromatic N) is 1. The maximum Gasteiger partial charge on any atom is 0.407 e. The normalized spacial score (nSPS) is 17.6. The lowest BCUT2D eigenvalue weighted by Gasteiger charge is -2.40. The second-order valence-corrected chi connectivity index (χ2v) is 9.17. The number of alkyl carbamates (subject to hydrolysis) is 1.